The molecule has 1 aliphatic heterocycles. The van der Waals surface area contributed by atoms with Crippen LogP contribution in [-0.4, -0.2) is 34.8 Å². The van der Waals surface area contributed by atoms with Crippen LogP contribution in [-0.2, 0) is 6.54 Å². The number of rotatable bonds is 4. The summed E-state index contributed by atoms with van der Waals surface area (Å²) >= 11 is 1.35. The van der Waals surface area contributed by atoms with Crippen molar-refractivity contribution in [3.05, 3.63) is 45.9 Å². The Morgan fingerprint density at radius 3 is 2.72 bits per heavy atom. The molecule has 1 aromatic carbocycles. The summed E-state index contributed by atoms with van der Waals surface area (Å²) < 4.78 is 0. The van der Waals surface area contributed by atoms with Crippen molar-refractivity contribution in [2.45, 2.75) is 26.3 Å². The summed E-state index contributed by atoms with van der Waals surface area (Å²) in [5.74, 6) is 0.285. The number of carbonyl (C=O) groups excluding carboxylic acids is 2. The molecule has 6 nitrogen and oxygen atoms in total. The number of thiazole rings is 1. The van der Waals surface area contributed by atoms with Crippen LogP contribution < -0.4 is 11.1 Å². The smallest absolute Gasteiger partial charge is 0.275 e. The van der Waals surface area contributed by atoms with Crippen LogP contribution in [0.25, 0.3) is 0 Å². The molecular formula is C18H22N4O2S. The number of nitrogens with one attached hydrogen (secondary N) is 1. The van der Waals surface area contributed by atoms with E-state index in [-0.39, 0.29) is 11.8 Å². The number of hydrogen-bond donors (Lipinski definition) is 2. The first-order valence-corrected chi connectivity index (χ1v) is 9.30. The van der Waals surface area contributed by atoms with Crippen LogP contribution in [0.4, 0.5) is 5.69 Å². The van der Waals surface area contributed by atoms with Crippen LogP contribution >= 0.6 is 11.3 Å². The molecule has 0 spiro atoms. The number of amides is 2. The molecule has 1 fully saturated rings. The molecule has 2 amide bonds. The monoisotopic (exact) mass is 358 g/mol. The fourth-order valence-corrected chi connectivity index (χ4v) is 3.51. The van der Waals surface area contributed by atoms with Gasteiger partial charge in [0.25, 0.3) is 11.8 Å². The molecule has 2 heterocycles. The first kappa shape index (κ1) is 17.6. The minimum atomic E-state index is -0.330. The number of likely N-dealkylation sites (tertiary alicyclic amines) is 1. The molecule has 3 rings (SSSR count). The molecule has 132 valence electrons. The zero-order valence-electron chi connectivity index (χ0n) is 14.2. The average molecular weight is 358 g/mol. The lowest BCUT2D eigenvalue weighted by Gasteiger charge is -2.30. The van der Waals surface area contributed by atoms with E-state index in [1.54, 1.807) is 23.6 Å². The molecule has 3 N–H and O–H groups in total. The predicted octanol–water partition coefficient (Wildman–Crippen LogP) is 2.73. The Bertz CT molecular complexity index is 766. The van der Waals surface area contributed by atoms with Crippen molar-refractivity contribution in [1.82, 2.24) is 9.88 Å². The predicted molar refractivity (Wildman–Crippen MR) is 98.7 cm³/mol. The first-order valence-electron chi connectivity index (χ1n) is 8.42. The van der Waals surface area contributed by atoms with Crippen LogP contribution in [0.3, 0.4) is 0 Å². The summed E-state index contributed by atoms with van der Waals surface area (Å²) in [6.45, 7) is 4.03. The molecule has 0 saturated carbocycles. The summed E-state index contributed by atoms with van der Waals surface area (Å²) in [6.07, 6.45) is 2.03. The van der Waals surface area contributed by atoms with Gasteiger partial charge in [-0.15, -0.1) is 11.3 Å². The van der Waals surface area contributed by atoms with E-state index in [2.05, 4.69) is 17.2 Å². The number of piperidine rings is 1. The Hall–Kier alpha value is -2.25. The molecule has 7 heteroatoms. The van der Waals surface area contributed by atoms with Crippen molar-refractivity contribution in [2.24, 2.45) is 11.7 Å². The van der Waals surface area contributed by atoms with Crippen molar-refractivity contribution in [1.29, 1.82) is 0 Å². The van der Waals surface area contributed by atoms with Crippen molar-refractivity contribution in [2.75, 3.05) is 18.4 Å². The molecule has 0 aliphatic carbocycles. The highest BCUT2D eigenvalue weighted by atomic mass is 32.1. The third-order valence-electron chi connectivity index (χ3n) is 4.44. The number of benzene rings is 1. The van der Waals surface area contributed by atoms with Crippen LogP contribution in [0, 0.1) is 5.92 Å². The van der Waals surface area contributed by atoms with Crippen molar-refractivity contribution in [3.8, 4) is 0 Å². The van der Waals surface area contributed by atoms with Crippen molar-refractivity contribution in [3.63, 3.8) is 0 Å². The van der Waals surface area contributed by atoms with Crippen molar-refractivity contribution < 1.29 is 9.59 Å². The van der Waals surface area contributed by atoms with E-state index in [1.807, 2.05) is 11.0 Å². The summed E-state index contributed by atoms with van der Waals surface area (Å²) in [5, 5.41) is 5.19. The molecule has 2 aromatic rings. The van der Waals surface area contributed by atoms with Gasteiger partial charge in [-0.2, -0.15) is 0 Å². The number of carbonyl (C=O) groups is 2. The Morgan fingerprint density at radius 2 is 2.04 bits per heavy atom. The lowest BCUT2D eigenvalue weighted by Crippen LogP contribution is -2.38. The van der Waals surface area contributed by atoms with E-state index >= 15 is 0 Å². The third-order valence-corrected chi connectivity index (χ3v) is 5.31. The van der Waals surface area contributed by atoms with Crippen LogP contribution in [0.1, 0.15) is 45.6 Å². The largest absolute Gasteiger partial charge is 0.339 e. The van der Waals surface area contributed by atoms with Crippen LogP contribution in [0.2, 0.25) is 0 Å². The number of nitrogens with two attached hydrogens (primary N) is 1. The van der Waals surface area contributed by atoms with E-state index in [4.69, 9.17) is 5.73 Å². The van der Waals surface area contributed by atoms with Gasteiger partial charge in [0, 0.05) is 25.0 Å². The number of hydrogen-bond acceptors (Lipinski definition) is 5. The van der Waals surface area contributed by atoms with Gasteiger partial charge in [-0.25, -0.2) is 4.98 Å². The molecule has 0 radical (unpaired) electrons. The summed E-state index contributed by atoms with van der Waals surface area (Å²) in [4.78, 5) is 31.3. The maximum absolute atomic E-state index is 12.8. The highest BCUT2D eigenvalue weighted by molar-refractivity contribution is 7.09. The number of para-hydroxylation sites is 1. The quantitative estimate of drug-likeness (QED) is 0.879. The average Bonchev–Trinajstić information content (AvgIpc) is 3.12. The van der Waals surface area contributed by atoms with Gasteiger partial charge in [0.05, 0.1) is 11.3 Å². The first-order chi connectivity index (χ1) is 12.1. The highest BCUT2D eigenvalue weighted by Gasteiger charge is 2.24. The molecule has 1 saturated heterocycles. The minimum absolute atomic E-state index is 0.0382. The zero-order valence-corrected chi connectivity index (χ0v) is 15.0. The lowest BCUT2D eigenvalue weighted by atomic mass is 9.98. The van der Waals surface area contributed by atoms with E-state index in [1.165, 1.54) is 11.3 Å². The molecule has 1 aliphatic rings. The Morgan fingerprint density at radius 1 is 1.32 bits per heavy atom. The SMILES string of the molecule is CC1CCN(C(=O)c2ccccc2NC(=O)c2csc(CN)n2)CC1. The highest BCUT2D eigenvalue weighted by Crippen LogP contribution is 2.22. The summed E-state index contributed by atoms with van der Waals surface area (Å²) in [6, 6.07) is 7.11. The fourth-order valence-electron chi connectivity index (χ4n) is 2.86. The zero-order chi connectivity index (χ0) is 17.8. The molecule has 0 unspecified atom stereocenters. The van der Waals surface area contributed by atoms with Gasteiger partial charge in [0.1, 0.15) is 10.7 Å². The van der Waals surface area contributed by atoms with Gasteiger partial charge in [-0.3, -0.25) is 9.59 Å². The molecule has 0 bridgehead atoms. The van der Waals surface area contributed by atoms with Gasteiger partial charge < -0.3 is 16.0 Å². The second kappa shape index (κ2) is 7.76. The summed E-state index contributed by atoms with van der Waals surface area (Å²) in [5.41, 5.74) is 6.88. The summed E-state index contributed by atoms with van der Waals surface area (Å²) in [7, 11) is 0. The van der Waals surface area contributed by atoms with E-state index < -0.39 is 0 Å². The molecule has 0 atom stereocenters. The number of aromatic nitrogens is 1. The molecule has 1 aromatic heterocycles. The van der Waals surface area contributed by atoms with Gasteiger partial charge in [0.15, 0.2) is 0 Å². The maximum Gasteiger partial charge on any atom is 0.275 e. The standard InChI is InChI=1S/C18H22N4O2S/c1-12-6-8-22(9-7-12)18(24)13-4-2-3-5-14(13)21-17(23)15-11-25-16(10-19)20-15/h2-5,11-12H,6-10,19H2,1H3,(H,21,23). The van der Waals surface area contributed by atoms with Crippen molar-refractivity contribution >= 4 is 28.8 Å². The van der Waals surface area contributed by atoms with Gasteiger partial charge in [0.2, 0.25) is 0 Å². The van der Waals surface area contributed by atoms with E-state index in [0.29, 0.717) is 34.4 Å². The topological polar surface area (TPSA) is 88.3 Å². The van der Waals surface area contributed by atoms with Gasteiger partial charge >= 0.3 is 0 Å². The second-order valence-corrected chi connectivity index (χ2v) is 7.25. The van der Waals surface area contributed by atoms with E-state index in [0.717, 1.165) is 25.9 Å². The second-order valence-electron chi connectivity index (χ2n) is 6.31. The molecule has 25 heavy (non-hydrogen) atoms. The van der Waals surface area contributed by atoms with Crippen LogP contribution in [0.5, 0.6) is 0 Å². The van der Waals surface area contributed by atoms with Gasteiger partial charge in [-0.05, 0) is 30.9 Å². The van der Waals surface area contributed by atoms with E-state index in [9.17, 15) is 9.59 Å². The Labute approximate surface area is 151 Å². The Balaban J connectivity index is 1.76. The van der Waals surface area contributed by atoms with Gasteiger partial charge in [-0.1, -0.05) is 19.1 Å². The third kappa shape index (κ3) is 4.05. The fraction of sp³-hybridized carbons (Fsp3) is 0.389. The lowest BCUT2D eigenvalue weighted by molar-refractivity contribution is 0.0698. The maximum atomic E-state index is 12.8. The number of nitrogens with zero attached hydrogens (tertiary/aromatic N) is 2. The minimum Gasteiger partial charge on any atom is -0.339 e. The van der Waals surface area contributed by atoms with Crippen LogP contribution in [0.15, 0.2) is 29.6 Å². The normalized spacial score (nSPS) is 15.2. The Kier molecular flexibility index (Phi) is 5.45. The number of anilines is 1. The molecular weight excluding hydrogens is 336 g/mol.